The van der Waals surface area contributed by atoms with E-state index in [9.17, 15) is 4.79 Å². The minimum Gasteiger partial charge on any atom is -0.330 e. The van der Waals surface area contributed by atoms with Gasteiger partial charge in [-0.3, -0.25) is 9.80 Å². The fourth-order valence-corrected chi connectivity index (χ4v) is 2.53. The highest BCUT2D eigenvalue weighted by molar-refractivity contribution is 6.31. The Bertz CT molecular complexity index is 637. The number of amides is 1. The highest BCUT2D eigenvalue weighted by Gasteiger charge is 2.20. The summed E-state index contributed by atoms with van der Waals surface area (Å²) in [5, 5.41) is 2.35. The van der Waals surface area contributed by atoms with E-state index in [1.165, 1.54) is 0 Å². The number of aromatic nitrogens is 2. The highest BCUT2D eigenvalue weighted by atomic mass is 35.5. The van der Waals surface area contributed by atoms with Crippen LogP contribution in [0.1, 0.15) is 18.7 Å². The molecule has 1 fully saturated rings. The molecule has 0 atom stereocenters. The Balaban J connectivity index is 1.81. The fourth-order valence-electron chi connectivity index (χ4n) is 2.36. The first-order valence-corrected chi connectivity index (χ1v) is 6.67. The monoisotopic (exact) mass is 278 g/mol. The van der Waals surface area contributed by atoms with Crippen LogP contribution in [0.15, 0.2) is 18.2 Å². The number of nitrogens with one attached hydrogen (secondary N) is 1. The minimum atomic E-state index is 0.154. The number of hydrogen-bond donors (Lipinski definition) is 1. The summed E-state index contributed by atoms with van der Waals surface area (Å²) >= 11 is 5.96. The van der Waals surface area contributed by atoms with E-state index in [4.69, 9.17) is 11.6 Å². The summed E-state index contributed by atoms with van der Waals surface area (Å²) in [4.78, 5) is 16.1. The SMILES string of the molecule is Cn1c(CNN2CCCC2=O)nc2cc(Cl)ccc21. The molecule has 5 nitrogen and oxygen atoms in total. The van der Waals surface area contributed by atoms with Crippen LogP contribution >= 0.6 is 11.6 Å². The van der Waals surface area contributed by atoms with Gasteiger partial charge in [-0.2, -0.15) is 0 Å². The summed E-state index contributed by atoms with van der Waals surface area (Å²) in [5.41, 5.74) is 5.04. The van der Waals surface area contributed by atoms with Gasteiger partial charge in [0.25, 0.3) is 0 Å². The molecule has 1 aromatic carbocycles. The van der Waals surface area contributed by atoms with E-state index >= 15 is 0 Å². The van der Waals surface area contributed by atoms with Crippen LogP contribution < -0.4 is 5.43 Å². The summed E-state index contributed by atoms with van der Waals surface area (Å²) in [6.07, 6.45) is 1.55. The Morgan fingerprint density at radius 1 is 1.47 bits per heavy atom. The largest absolute Gasteiger partial charge is 0.330 e. The molecule has 6 heteroatoms. The van der Waals surface area contributed by atoms with Crippen LogP contribution in [0, 0.1) is 0 Å². The molecule has 0 saturated carbocycles. The zero-order valence-corrected chi connectivity index (χ0v) is 11.4. The number of fused-ring (bicyclic) bond motifs is 1. The quantitative estimate of drug-likeness (QED) is 0.932. The van der Waals surface area contributed by atoms with Gasteiger partial charge < -0.3 is 4.57 Å². The van der Waals surface area contributed by atoms with Gasteiger partial charge in [-0.25, -0.2) is 10.4 Å². The van der Waals surface area contributed by atoms with Gasteiger partial charge in [-0.05, 0) is 24.6 Å². The standard InChI is InChI=1S/C13H15ClN4O/c1-17-11-5-4-9(14)7-10(11)16-12(17)8-15-18-6-2-3-13(18)19/h4-5,7,15H,2-3,6,8H2,1H3. The maximum absolute atomic E-state index is 11.5. The van der Waals surface area contributed by atoms with Crippen molar-refractivity contribution >= 4 is 28.5 Å². The maximum atomic E-state index is 11.5. The molecular weight excluding hydrogens is 264 g/mol. The predicted octanol–water partition coefficient (Wildman–Crippen LogP) is 1.85. The number of carbonyl (C=O) groups excluding carboxylic acids is 1. The average Bonchev–Trinajstić information content (AvgIpc) is 2.91. The average molecular weight is 279 g/mol. The molecule has 1 aromatic heterocycles. The first-order chi connectivity index (χ1) is 9.15. The molecular formula is C13H15ClN4O. The van der Waals surface area contributed by atoms with Crippen molar-refractivity contribution in [1.29, 1.82) is 0 Å². The second kappa shape index (κ2) is 4.83. The van der Waals surface area contributed by atoms with Gasteiger partial charge in [0.15, 0.2) is 0 Å². The second-order valence-corrected chi connectivity index (χ2v) is 5.14. The lowest BCUT2D eigenvalue weighted by Crippen LogP contribution is -2.38. The third kappa shape index (κ3) is 2.31. The van der Waals surface area contributed by atoms with E-state index in [0.29, 0.717) is 18.0 Å². The molecule has 0 spiro atoms. The van der Waals surface area contributed by atoms with Gasteiger partial charge in [0.05, 0.1) is 17.6 Å². The van der Waals surface area contributed by atoms with Gasteiger partial charge in [-0.15, -0.1) is 0 Å². The van der Waals surface area contributed by atoms with Crippen molar-refractivity contribution in [3.8, 4) is 0 Å². The van der Waals surface area contributed by atoms with Crippen molar-refractivity contribution in [1.82, 2.24) is 20.0 Å². The van der Waals surface area contributed by atoms with Crippen molar-refractivity contribution in [2.75, 3.05) is 6.54 Å². The third-order valence-electron chi connectivity index (χ3n) is 3.44. The summed E-state index contributed by atoms with van der Waals surface area (Å²) in [5.74, 6) is 1.04. The van der Waals surface area contributed by atoms with Crippen LogP contribution in [-0.2, 0) is 18.4 Å². The molecule has 19 heavy (non-hydrogen) atoms. The first kappa shape index (κ1) is 12.4. The van der Waals surface area contributed by atoms with E-state index in [1.54, 1.807) is 5.01 Å². The molecule has 1 saturated heterocycles. The third-order valence-corrected chi connectivity index (χ3v) is 3.67. The lowest BCUT2D eigenvalue weighted by atomic mass is 10.3. The fraction of sp³-hybridized carbons (Fsp3) is 0.385. The van der Waals surface area contributed by atoms with Gasteiger partial charge in [0.1, 0.15) is 5.82 Å². The van der Waals surface area contributed by atoms with Crippen molar-refractivity contribution in [3.05, 3.63) is 29.0 Å². The number of halogens is 1. The highest BCUT2D eigenvalue weighted by Crippen LogP contribution is 2.19. The van der Waals surface area contributed by atoms with E-state index in [2.05, 4.69) is 10.4 Å². The molecule has 1 aliphatic heterocycles. The number of imidazole rings is 1. The summed E-state index contributed by atoms with van der Waals surface area (Å²) in [6, 6.07) is 5.66. The van der Waals surface area contributed by atoms with Crippen LogP contribution in [0.3, 0.4) is 0 Å². The van der Waals surface area contributed by atoms with E-state index in [0.717, 1.165) is 29.8 Å². The number of rotatable bonds is 3. The molecule has 1 N–H and O–H groups in total. The van der Waals surface area contributed by atoms with Crippen molar-refractivity contribution in [2.45, 2.75) is 19.4 Å². The normalized spacial score (nSPS) is 15.7. The van der Waals surface area contributed by atoms with Crippen molar-refractivity contribution in [3.63, 3.8) is 0 Å². The lowest BCUT2D eigenvalue weighted by molar-refractivity contribution is -0.130. The molecule has 2 aromatic rings. The topological polar surface area (TPSA) is 50.2 Å². The van der Waals surface area contributed by atoms with Gasteiger partial charge in [0.2, 0.25) is 5.91 Å². The van der Waals surface area contributed by atoms with Crippen molar-refractivity contribution < 1.29 is 4.79 Å². The van der Waals surface area contributed by atoms with Crippen molar-refractivity contribution in [2.24, 2.45) is 7.05 Å². The Morgan fingerprint density at radius 2 is 2.32 bits per heavy atom. The van der Waals surface area contributed by atoms with Gasteiger partial charge in [-0.1, -0.05) is 11.6 Å². The zero-order chi connectivity index (χ0) is 13.4. The maximum Gasteiger partial charge on any atom is 0.236 e. The number of hydrazine groups is 1. The number of hydrogen-bond acceptors (Lipinski definition) is 3. The van der Waals surface area contributed by atoms with Crippen LogP contribution in [0.5, 0.6) is 0 Å². The van der Waals surface area contributed by atoms with Crippen LogP contribution in [0.2, 0.25) is 5.02 Å². The molecule has 1 amide bonds. The summed E-state index contributed by atoms with van der Waals surface area (Å²) in [7, 11) is 1.96. The Morgan fingerprint density at radius 3 is 3.05 bits per heavy atom. The number of aryl methyl sites for hydroxylation is 1. The molecule has 1 aliphatic rings. The Labute approximate surface area is 116 Å². The summed E-state index contributed by atoms with van der Waals surface area (Å²) in [6.45, 7) is 1.31. The van der Waals surface area contributed by atoms with E-state index < -0.39 is 0 Å². The molecule has 0 unspecified atom stereocenters. The molecule has 3 rings (SSSR count). The van der Waals surface area contributed by atoms with E-state index in [-0.39, 0.29) is 5.91 Å². The molecule has 0 radical (unpaired) electrons. The van der Waals surface area contributed by atoms with Crippen LogP contribution in [0.4, 0.5) is 0 Å². The van der Waals surface area contributed by atoms with Crippen LogP contribution in [-0.4, -0.2) is 27.0 Å². The predicted molar refractivity (Wildman–Crippen MR) is 73.5 cm³/mol. The van der Waals surface area contributed by atoms with E-state index in [1.807, 2.05) is 29.8 Å². The summed E-state index contributed by atoms with van der Waals surface area (Å²) < 4.78 is 2.01. The zero-order valence-electron chi connectivity index (χ0n) is 10.7. The first-order valence-electron chi connectivity index (χ1n) is 6.30. The molecule has 2 heterocycles. The van der Waals surface area contributed by atoms with Gasteiger partial charge >= 0.3 is 0 Å². The number of benzene rings is 1. The molecule has 100 valence electrons. The van der Waals surface area contributed by atoms with Gasteiger partial charge in [0, 0.05) is 25.0 Å². The molecule has 0 bridgehead atoms. The minimum absolute atomic E-state index is 0.154. The Kier molecular flexibility index (Phi) is 3.16. The lowest BCUT2D eigenvalue weighted by Gasteiger charge is -2.16. The molecule has 0 aliphatic carbocycles. The Hall–Kier alpha value is -1.59. The number of carbonyl (C=O) groups is 1. The van der Waals surface area contributed by atoms with Crippen LogP contribution in [0.25, 0.3) is 11.0 Å². The smallest absolute Gasteiger partial charge is 0.236 e. The second-order valence-electron chi connectivity index (χ2n) is 4.70. The number of nitrogens with zero attached hydrogens (tertiary/aromatic N) is 3.